The highest BCUT2D eigenvalue weighted by Gasteiger charge is 2.07. The lowest BCUT2D eigenvalue weighted by Crippen LogP contribution is -2.17. The number of rotatable bonds is 5. The van der Waals surface area contributed by atoms with Gasteiger partial charge in [-0.05, 0) is 38.0 Å². The van der Waals surface area contributed by atoms with Gasteiger partial charge in [0.15, 0.2) is 0 Å². The molecule has 0 heterocycles. The Kier molecular flexibility index (Phi) is 4.80. The van der Waals surface area contributed by atoms with Gasteiger partial charge in [-0.3, -0.25) is 4.79 Å². The molecule has 16 heavy (non-hydrogen) atoms. The Balaban J connectivity index is 2.59. The summed E-state index contributed by atoms with van der Waals surface area (Å²) >= 11 is 3.46. The maximum absolute atomic E-state index is 10.4. The second-order valence-corrected chi connectivity index (χ2v) is 4.74. The van der Waals surface area contributed by atoms with Crippen LogP contribution in [0, 0.1) is 6.92 Å². The molecular weight excluding hydrogens is 270 g/mol. The zero-order valence-electron chi connectivity index (χ0n) is 9.46. The number of anilines is 1. The Morgan fingerprint density at radius 2 is 2.25 bits per heavy atom. The molecule has 0 aliphatic heterocycles. The van der Waals surface area contributed by atoms with Crippen LogP contribution in [-0.2, 0) is 4.79 Å². The Bertz CT molecular complexity index is 379. The van der Waals surface area contributed by atoms with Gasteiger partial charge in [0.2, 0.25) is 0 Å². The normalized spacial score (nSPS) is 12.2. The van der Waals surface area contributed by atoms with E-state index in [0.29, 0.717) is 6.42 Å². The van der Waals surface area contributed by atoms with Crippen molar-refractivity contribution < 1.29 is 9.90 Å². The molecule has 0 amide bonds. The second-order valence-electron chi connectivity index (χ2n) is 3.89. The van der Waals surface area contributed by atoms with Gasteiger partial charge in [-0.25, -0.2) is 0 Å². The van der Waals surface area contributed by atoms with Gasteiger partial charge in [-0.1, -0.05) is 22.0 Å². The molecule has 0 aliphatic rings. The first-order chi connectivity index (χ1) is 7.50. The molecule has 0 radical (unpaired) electrons. The predicted octanol–water partition coefficient (Wildman–Crippen LogP) is 3.42. The van der Waals surface area contributed by atoms with Gasteiger partial charge in [0.1, 0.15) is 0 Å². The standard InChI is InChI=1S/C12H16BrNO2/c1-8(6-7-12(15)16)14-11-5-3-4-10(13)9(11)2/h3-5,8,14H,6-7H2,1-2H3,(H,15,16). The fraction of sp³-hybridized carbons (Fsp3) is 0.417. The molecule has 0 bridgehead atoms. The molecular formula is C12H16BrNO2. The van der Waals surface area contributed by atoms with Crippen LogP contribution in [0.1, 0.15) is 25.3 Å². The first-order valence-corrected chi connectivity index (χ1v) is 6.03. The Labute approximate surface area is 104 Å². The predicted molar refractivity (Wildman–Crippen MR) is 68.8 cm³/mol. The van der Waals surface area contributed by atoms with Crippen LogP contribution in [0.4, 0.5) is 5.69 Å². The molecule has 1 atom stereocenters. The average molecular weight is 286 g/mol. The van der Waals surface area contributed by atoms with E-state index in [1.165, 1.54) is 0 Å². The van der Waals surface area contributed by atoms with E-state index in [2.05, 4.69) is 21.2 Å². The first-order valence-electron chi connectivity index (χ1n) is 5.24. The molecule has 1 rings (SSSR count). The molecule has 1 unspecified atom stereocenters. The maximum Gasteiger partial charge on any atom is 0.303 e. The summed E-state index contributed by atoms with van der Waals surface area (Å²) < 4.78 is 1.06. The van der Waals surface area contributed by atoms with Crippen molar-refractivity contribution in [3.63, 3.8) is 0 Å². The van der Waals surface area contributed by atoms with Crippen LogP contribution < -0.4 is 5.32 Å². The summed E-state index contributed by atoms with van der Waals surface area (Å²) in [7, 11) is 0. The van der Waals surface area contributed by atoms with Gasteiger partial charge < -0.3 is 10.4 Å². The number of halogens is 1. The highest BCUT2D eigenvalue weighted by molar-refractivity contribution is 9.10. The van der Waals surface area contributed by atoms with Crippen molar-refractivity contribution in [2.75, 3.05) is 5.32 Å². The van der Waals surface area contributed by atoms with Gasteiger partial charge >= 0.3 is 5.97 Å². The lowest BCUT2D eigenvalue weighted by Gasteiger charge is -2.16. The summed E-state index contributed by atoms with van der Waals surface area (Å²) in [4.78, 5) is 10.4. The summed E-state index contributed by atoms with van der Waals surface area (Å²) in [5, 5.41) is 11.9. The molecule has 0 aliphatic carbocycles. The van der Waals surface area contributed by atoms with Crippen molar-refractivity contribution in [1.82, 2.24) is 0 Å². The molecule has 2 N–H and O–H groups in total. The third-order valence-corrected chi connectivity index (χ3v) is 3.32. The van der Waals surface area contributed by atoms with E-state index in [1.54, 1.807) is 0 Å². The van der Waals surface area contributed by atoms with Crippen LogP contribution in [0.25, 0.3) is 0 Å². The molecule has 0 fully saturated rings. The van der Waals surface area contributed by atoms with Crippen LogP contribution >= 0.6 is 15.9 Å². The van der Waals surface area contributed by atoms with Gasteiger partial charge in [0.25, 0.3) is 0 Å². The highest BCUT2D eigenvalue weighted by atomic mass is 79.9. The van der Waals surface area contributed by atoms with Crippen LogP contribution in [0.2, 0.25) is 0 Å². The molecule has 1 aromatic rings. The minimum atomic E-state index is -0.750. The Morgan fingerprint density at radius 3 is 2.88 bits per heavy atom. The van der Waals surface area contributed by atoms with Gasteiger partial charge in [0, 0.05) is 22.6 Å². The van der Waals surface area contributed by atoms with Gasteiger partial charge in [-0.15, -0.1) is 0 Å². The van der Waals surface area contributed by atoms with E-state index in [9.17, 15) is 4.79 Å². The Hall–Kier alpha value is -1.03. The number of hydrogen-bond donors (Lipinski definition) is 2. The number of aliphatic carboxylic acids is 1. The van der Waals surface area contributed by atoms with Crippen molar-refractivity contribution in [2.45, 2.75) is 32.7 Å². The molecule has 1 aromatic carbocycles. The van der Waals surface area contributed by atoms with Crippen LogP contribution in [0.5, 0.6) is 0 Å². The highest BCUT2D eigenvalue weighted by Crippen LogP contribution is 2.24. The zero-order valence-corrected chi connectivity index (χ0v) is 11.0. The SMILES string of the molecule is Cc1c(Br)cccc1NC(C)CCC(=O)O. The lowest BCUT2D eigenvalue weighted by molar-refractivity contribution is -0.137. The fourth-order valence-electron chi connectivity index (χ4n) is 1.44. The first kappa shape index (κ1) is 13.0. The third-order valence-electron chi connectivity index (χ3n) is 2.46. The van der Waals surface area contributed by atoms with E-state index in [4.69, 9.17) is 5.11 Å². The minimum absolute atomic E-state index is 0.157. The third kappa shape index (κ3) is 3.85. The Morgan fingerprint density at radius 1 is 1.56 bits per heavy atom. The van der Waals surface area contributed by atoms with Crippen molar-refractivity contribution in [1.29, 1.82) is 0 Å². The molecule has 4 heteroatoms. The summed E-state index contributed by atoms with van der Waals surface area (Å²) in [5.74, 6) is -0.750. The molecule has 0 spiro atoms. The van der Waals surface area contributed by atoms with Crippen molar-refractivity contribution in [3.05, 3.63) is 28.2 Å². The van der Waals surface area contributed by atoms with Crippen LogP contribution in [0.15, 0.2) is 22.7 Å². The summed E-state index contributed by atoms with van der Waals surface area (Å²) in [6.45, 7) is 4.01. The summed E-state index contributed by atoms with van der Waals surface area (Å²) in [6.07, 6.45) is 0.822. The van der Waals surface area contributed by atoms with Crippen molar-refractivity contribution in [2.24, 2.45) is 0 Å². The van der Waals surface area contributed by atoms with E-state index in [0.717, 1.165) is 15.7 Å². The second kappa shape index (κ2) is 5.89. The molecule has 0 saturated carbocycles. The average Bonchev–Trinajstić information content (AvgIpc) is 2.22. The summed E-state index contributed by atoms with van der Waals surface area (Å²) in [6, 6.07) is 6.10. The molecule has 3 nitrogen and oxygen atoms in total. The van der Waals surface area contributed by atoms with Crippen LogP contribution in [0.3, 0.4) is 0 Å². The van der Waals surface area contributed by atoms with Crippen molar-refractivity contribution >= 4 is 27.6 Å². The number of carboxylic acids is 1. The lowest BCUT2D eigenvalue weighted by atomic mass is 10.1. The number of hydrogen-bond acceptors (Lipinski definition) is 2. The largest absolute Gasteiger partial charge is 0.481 e. The van der Waals surface area contributed by atoms with E-state index >= 15 is 0 Å². The number of carbonyl (C=O) groups is 1. The zero-order chi connectivity index (χ0) is 12.1. The number of nitrogens with one attached hydrogen (secondary N) is 1. The van der Waals surface area contributed by atoms with Gasteiger partial charge in [0.05, 0.1) is 0 Å². The minimum Gasteiger partial charge on any atom is -0.481 e. The molecule has 0 saturated heterocycles. The van der Waals surface area contributed by atoms with Gasteiger partial charge in [-0.2, -0.15) is 0 Å². The monoisotopic (exact) mass is 285 g/mol. The summed E-state index contributed by atoms with van der Waals surface area (Å²) in [5.41, 5.74) is 2.19. The number of benzene rings is 1. The molecule has 88 valence electrons. The maximum atomic E-state index is 10.4. The van der Waals surface area contributed by atoms with Crippen LogP contribution in [-0.4, -0.2) is 17.1 Å². The number of carboxylic acid groups (broad SMARTS) is 1. The fourth-order valence-corrected chi connectivity index (χ4v) is 1.81. The topological polar surface area (TPSA) is 49.3 Å². The van der Waals surface area contributed by atoms with E-state index in [1.807, 2.05) is 32.0 Å². The van der Waals surface area contributed by atoms with E-state index < -0.39 is 5.97 Å². The molecule has 0 aromatic heterocycles. The smallest absolute Gasteiger partial charge is 0.303 e. The quantitative estimate of drug-likeness (QED) is 0.872. The van der Waals surface area contributed by atoms with Crippen molar-refractivity contribution in [3.8, 4) is 0 Å². The van der Waals surface area contributed by atoms with E-state index in [-0.39, 0.29) is 12.5 Å².